The zero-order valence-corrected chi connectivity index (χ0v) is 15.2. The Morgan fingerprint density at radius 1 is 1.05 bits per heavy atom. The van der Waals surface area contributed by atoms with Crippen LogP contribution in [0.1, 0.15) is 0 Å². The number of rotatable bonds is 5. The third-order valence-corrected chi connectivity index (χ3v) is 6.05. The molecule has 0 bridgehead atoms. The molecule has 0 fully saturated rings. The Balaban J connectivity index is 2.46. The third kappa shape index (κ3) is 3.55. The lowest BCUT2D eigenvalue weighted by Gasteiger charge is -2.13. The molecule has 0 aliphatic heterocycles. The first-order chi connectivity index (χ1) is 10.3. The number of anilines is 1. The molecule has 0 atom stereocenters. The maximum absolute atomic E-state index is 12.4. The smallest absolute Gasteiger partial charge is 0.264 e. The molecule has 5 nitrogen and oxygen atoms in total. The van der Waals surface area contributed by atoms with Crippen molar-refractivity contribution >= 4 is 61.9 Å². The van der Waals surface area contributed by atoms with Gasteiger partial charge in [0.1, 0.15) is 20.7 Å². The SMILES string of the molecule is COc1cc(OC)c(NS(=O)(=O)c2cc(Cl)sc2Cl)cc1Cl. The molecule has 10 heteroatoms. The Hall–Kier alpha value is -0.860. The monoisotopic (exact) mass is 401 g/mol. The summed E-state index contributed by atoms with van der Waals surface area (Å²) in [6.07, 6.45) is 0. The first-order valence-electron chi connectivity index (χ1n) is 5.67. The summed E-state index contributed by atoms with van der Waals surface area (Å²) in [6.45, 7) is 0. The molecule has 0 saturated heterocycles. The molecular weight excluding hydrogens is 393 g/mol. The normalized spacial score (nSPS) is 11.3. The molecule has 2 rings (SSSR count). The molecule has 1 aromatic heterocycles. The molecule has 1 N–H and O–H groups in total. The average Bonchev–Trinajstić information content (AvgIpc) is 2.78. The molecule has 2 aromatic rings. The summed E-state index contributed by atoms with van der Waals surface area (Å²) >= 11 is 18.6. The Bertz CT molecular complexity index is 805. The van der Waals surface area contributed by atoms with Gasteiger partial charge in [0.25, 0.3) is 10.0 Å². The Morgan fingerprint density at radius 2 is 1.68 bits per heavy atom. The topological polar surface area (TPSA) is 64.6 Å². The molecule has 1 aromatic carbocycles. The molecule has 0 aliphatic carbocycles. The molecule has 0 aliphatic rings. The van der Waals surface area contributed by atoms with Gasteiger partial charge in [0, 0.05) is 6.07 Å². The van der Waals surface area contributed by atoms with E-state index in [2.05, 4.69) is 4.72 Å². The number of hydrogen-bond acceptors (Lipinski definition) is 5. The summed E-state index contributed by atoms with van der Waals surface area (Å²) in [6, 6.07) is 4.13. The summed E-state index contributed by atoms with van der Waals surface area (Å²) in [4.78, 5) is -0.113. The highest BCUT2D eigenvalue weighted by Gasteiger charge is 2.23. The number of nitrogens with one attached hydrogen (secondary N) is 1. The molecule has 0 spiro atoms. The first kappa shape index (κ1) is 17.5. The van der Waals surface area contributed by atoms with Crippen LogP contribution in [-0.4, -0.2) is 22.6 Å². The van der Waals surface area contributed by atoms with Crippen LogP contribution in [0.4, 0.5) is 5.69 Å². The van der Waals surface area contributed by atoms with E-state index in [1.807, 2.05) is 0 Å². The van der Waals surface area contributed by atoms with E-state index in [1.54, 1.807) is 0 Å². The number of ether oxygens (including phenoxy) is 2. The van der Waals surface area contributed by atoms with E-state index in [1.165, 1.54) is 32.4 Å². The molecular formula is C12H10Cl3NO4S2. The van der Waals surface area contributed by atoms with Crippen LogP contribution in [0.5, 0.6) is 11.5 Å². The first-order valence-corrected chi connectivity index (χ1v) is 9.11. The zero-order valence-electron chi connectivity index (χ0n) is 11.3. The molecule has 0 amide bonds. The Morgan fingerprint density at radius 3 is 2.18 bits per heavy atom. The van der Waals surface area contributed by atoms with Gasteiger partial charge in [0.2, 0.25) is 0 Å². The Kier molecular flexibility index (Phi) is 5.34. The van der Waals surface area contributed by atoms with Gasteiger partial charge in [-0.3, -0.25) is 4.72 Å². The zero-order chi connectivity index (χ0) is 16.5. The van der Waals surface area contributed by atoms with Crippen molar-refractivity contribution in [1.29, 1.82) is 0 Å². The van der Waals surface area contributed by atoms with Crippen LogP contribution in [-0.2, 0) is 10.0 Å². The minimum Gasteiger partial charge on any atom is -0.495 e. The molecule has 0 unspecified atom stereocenters. The average molecular weight is 403 g/mol. The lowest BCUT2D eigenvalue weighted by molar-refractivity contribution is 0.396. The van der Waals surface area contributed by atoms with Crippen LogP contribution in [0.3, 0.4) is 0 Å². The standard InChI is InChI=1S/C12H10Cl3NO4S2/c1-19-8-4-9(20-2)7(3-6(8)13)16-22(17,18)10-5-11(14)21-12(10)15/h3-5,16H,1-2H3. The summed E-state index contributed by atoms with van der Waals surface area (Å²) in [7, 11) is -1.09. The number of benzene rings is 1. The van der Waals surface area contributed by atoms with E-state index in [4.69, 9.17) is 44.3 Å². The van der Waals surface area contributed by atoms with E-state index in [0.717, 1.165) is 11.3 Å². The van der Waals surface area contributed by atoms with E-state index in [9.17, 15) is 8.42 Å². The van der Waals surface area contributed by atoms with Crippen molar-refractivity contribution in [3.05, 3.63) is 31.9 Å². The van der Waals surface area contributed by atoms with Crippen LogP contribution >= 0.6 is 46.1 Å². The lowest BCUT2D eigenvalue weighted by Crippen LogP contribution is -2.13. The van der Waals surface area contributed by atoms with Crippen LogP contribution < -0.4 is 14.2 Å². The molecule has 1 heterocycles. The molecule has 120 valence electrons. The van der Waals surface area contributed by atoms with Crippen LogP contribution in [0.15, 0.2) is 23.1 Å². The van der Waals surface area contributed by atoms with Gasteiger partial charge < -0.3 is 9.47 Å². The van der Waals surface area contributed by atoms with Gasteiger partial charge in [-0.2, -0.15) is 0 Å². The van der Waals surface area contributed by atoms with E-state index in [0.29, 0.717) is 5.75 Å². The van der Waals surface area contributed by atoms with Gasteiger partial charge in [-0.1, -0.05) is 34.8 Å². The van der Waals surface area contributed by atoms with Gasteiger partial charge in [0.15, 0.2) is 0 Å². The minimum atomic E-state index is -3.93. The molecule has 0 radical (unpaired) electrons. The number of sulfonamides is 1. The summed E-state index contributed by atoms with van der Waals surface area (Å²) in [5.74, 6) is 0.611. The number of methoxy groups -OCH3 is 2. The second kappa shape index (κ2) is 6.72. The highest BCUT2D eigenvalue weighted by Crippen LogP contribution is 2.39. The molecule has 0 saturated carbocycles. The third-order valence-electron chi connectivity index (χ3n) is 2.63. The van der Waals surface area contributed by atoms with Gasteiger partial charge in [0.05, 0.1) is 29.3 Å². The maximum Gasteiger partial charge on any atom is 0.264 e. The number of thiophene rings is 1. The van der Waals surface area contributed by atoms with Crippen LogP contribution in [0.2, 0.25) is 13.7 Å². The van der Waals surface area contributed by atoms with Crippen molar-refractivity contribution in [3.8, 4) is 11.5 Å². The highest BCUT2D eigenvalue weighted by atomic mass is 35.5. The second-order valence-corrected chi connectivity index (χ2v) is 8.32. The highest BCUT2D eigenvalue weighted by molar-refractivity contribution is 7.93. The summed E-state index contributed by atoms with van der Waals surface area (Å²) < 4.78 is 37.7. The number of halogens is 3. The van der Waals surface area contributed by atoms with E-state index >= 15 is 0 Å². The predicted octanol–water partition coefficient (Wildman–Crippen LogP) is 4.53. The molecule has 22 heavy (non-hydrogen) atoms. The fraction of sp³-hybridized carbons (Fsp3) is 0.167. The van der Waals surface area contributed by atoms with Crippen molar-refractivity contribution < 1.29 is 17.9 Å². The largest absolute Gasteiger partial charge is 0.495 e. The van der Waals surface area contributed by atoms with E-state index in [-0.39, 0.29) is 30.0 Å². The van der Waals surface area contributed by atoms with E-state index < -0.39 is 10.0 Å². The maximum atomic E-state index is 12.4. The predicted molar refractivity (Wildman–Crippen MR) is 89.7 cm³/mol. The minimum absolute atomic E-state index is 0.0658. The van der Waals surface area contributed by atoms with Crippen molar-refractivity contribution in [2.45, 2.75) is 4.90 Å². The summed E-state index contributed by atoms with van der Waals surface area (Å²) in [5.41, 5.74) is 0.159. The van der Waals surface area contributed by atoms with Gasteiger partial charge in [-0.05, 0) is 12.1 Å². The fourth-order valence-electron chi connectivity index (χ4n) is 1.65. The summed E-state index contributed by atoms with van der Waals surface area (Å²) in [5, 5.41) is 0.232. The van der Waals surface area contributed by atoms with Gasteiger partial charge in [-0.15, -0.1) is 11.3 Å². The second-order valence-electron chi connectivity index (χ2n) is 3.98. The van der Waals surface area contributed by atoms with Gasteiger partial charge >= 0.3 is 0 Å². The van der Waals surface area contributed by atoms with Crippen molar-refractivity contribution in [3.63, 3.8) is 0 Å². The Labute approximate surface area is 146 Å². The van der Waals surface area contributed by atoms with Crippen LogP contribution in [0.25, 0.3) is 0 Å². The quantitative estimate of drug-likeness (QED) is 0.798. The van der Waals surface area contributed by atoms with Crippen molar-refractivity contribution in [2.75, 3.05) is 18.9 Å². The van der Waals surface area contributed by atoms with Crippen LogP contribution in [0, 0.1) is 0 Å². The van der Waals surface area contributed by atoms with Gasteiger partial charge in [-0.25, -0.2) is 8.42 Å². The number of hydrogen-bond donors (Lipinski definition) is 1. The fourth-order valence-corrected chi connectivity index (χ4v) is 5.10. The van der Waals surface area contributed by atoms with Crippen molar-refractivity contribution in [1.82, 2.24) is 0 Å². The lowest BCUT2D eigenvalue weighted by atomic mass is 10.3. The van der Waals surface area contributed by atoms with Crippen molar-refractivity contribution in [2.24, 2.45) is 0 Å².